The molecule has 3 unspecified atom stereocenters. The first kappa shape index (κ1) is 30.6. The maximum atomic E-state index is 13.9. The van der Waals surface area contributed by atoms with E-state index in [-0.39, 0.29) is 5.82 Å². The third-order valence-corrected chi connectivity index (χ3v) is 13.1. The first-order chi connectivity index (χ1) is 19.3. The van der Waals surface area contributed by atoms with E-state index in [1.54, 1.807) is 0 Å². The molecule has 0 amide bonds. The van der Waals surface area contributed by atoms with Crippen molar-refractivity contribution in [2.75, 3.05) is 6.66 Å². The summed E-state index contributed by atoms with van der Waals surface area (Å²) >= 11 is 0. The van der Waals surface area contributed by atoms with Crippen LogP contribution in [0.2, 0.25) is 5.82 Å². The Morgan fingerprint density at radius 2 is 1.62 bits per heavy atom. The van der Waals surface area contributed by atoms with E-state index in [1.165, 1.54) is 53.2 Å². The van der Waals surface area contributed by atoms with Crippen molar-refractivity contribution >= 4 is 44.8 Å². The third-order valence-electron chi connectivity index (χ3n) is 7.28. The van der Waals surface area contributed by atoms with Crippen LogP contribution in [-0.4, -0.2) is 24.4 Å². The lowest BCUT2D eigenvalue weighted by Crippen LogP contribution is -2.36. The predicted molar refractivity (Wildman–Crippen MR) is 175 cm³/mol. The lowest BCUT2D eigenvalue weighted by Gasteiger charge is -2.43. The Morgan fingerprint density at radius 3 is 2.25 bits per heavy atom. The molecule has 1 aliphatic rings. The Bertz CT molecular complexity index is 1270. The zero-order chi connectivity index (χ0) is 28.5. The summed E-state index contributed by atoms with van der Waals surface area (Å²) in [5, 5.41) is 4.07. The molecule has 0 fully saturated rings. The van der Waals surface area contributed by atoms with Crippen LogP contribution < -0.4 is 21.4 Å². The quantitative estimate of drug-likeness (QED) is 0.102. The minimum Gasteiger partial charge on any atom is -0.245 e. The molecule has 0 saturated carbocycles. The summed E-state index contributed by atoms with van der Waals surface area (Å²) in [5.41, 5.74) is 2.29. The summed E-state index contributed by atoms with van der Waals surface area (Å²) in [5.74, 6) is -2.18. The Kier molecular flexibility index (Phi) is 11.5. The first-order valence-corrected chi connectivity index (χ1v) is 17.1. The van der Waals surface area contributed by atoms with Crippen molar-refractivity contribution in [3.05, 3.63) is 121 Å². The fourth-order valence-electron chi connectivity index (χ4n) is 5.27. The lowest BCUT2D eigenvalue weighted by atomic mass is 9.59. The van der Waals surface area contributed by atoms with Crippen molar-refractivity contribution < 1.29 is 8.78 Å². The molecule has 0 heterocycles. The molecular weight excluding hydrogens is 533 g/mol. The van der Waals surface area contributed by atoms with Crippen LogP contribution in [0.15, 0.2) is 115 Å². The number of nitrogens with zero attached hydrogens (tertiary/aromatic N) is 1. The highest BCUT2D eigenvalue weighted by molar-refractivity contribution is 7.81. The lowest BCUT2D eigenvalue weighted by molar-refractivity contribution is 0.439. The van der Waals surface area contributed by atoms with E-state index in [1.807, 2.05) is 14.2 Å². The van der Waals surface area contributed by atoms with Gasteiger partial charge >= 0.3 is 0 Å². The number of aryl methyl sites for hydroxylation is 1. The van der Waals surface area contributed by atoms with Crippen LogP contribution in [0.1, 0.15) is 44.6 Å². The highest BCUT2D eigenvalue weighted by atomic mass is 31.2. The third kappa shape index (κ3) is 8.10. The van der Waals surface area contributed by atoms with Gasteiger partial charge in [-0.1, -0.05) is 122 Å². The van der Waals surface area contributed by atoms with Crippen LogP contribution in [0.3, 0.4) is 0 Å². The standard InChI is InChI=1S/C34H39BF2NP2/c1-26-22-23-29(35-27(2)24-33(37)28(3)36)25-34(26)39(4)38(30-16-10-6-5-7-11-17-30)40(31-18-12-8-13-19-31)32-20-14-9-15-21-32/h6,8-10,12-15,18-25,27,30H,3,5,7,11,16-17H2,1-2,4H3/b10-6-,33-24+. The van der Waals surface area contributed by atoms with Gasteiger partial charge in [0.15, 0.2) is 18.9 Å². The van der Waals surface area contributed by atoms with Crippen LogP contribution in [0.4, 0.5) is 8.78 Å². The fourth-order valence-corrected chi connectivity index (χ4v) is 11.3. The SMILES string of the molecule is C=C(F)/C(F)=C\C(C)[B]c1ccc(C)c(P(C)N(C2C/C=C\CCCC2)P(c2ccccc2)c2ccccc2)c1. The van der Waals surface area contributed by atoms with Crippen molar-refractivity contribution in [1.82, 2.24) is 4.44 Å². The van der Waals surface area contributed by atoms with Gasteiger partial charge in [0.2, 0.25) is 0 Å². The van der Waals surface area contributed by atoms with Crippen molar-refractivity contribution in [3.8, 4) is 0 Å². The highest BCUT2D eigenvalue weighted by Crippen LogP contribution is 2.56. The normalized spacial score (nSPS) is 18.6. The van der Waals surface area contributed by atoms with Gasteiger partial charge in [-0.3, -0.25) is 0 Å². The van der Waals surface area contributed by atoms with Crippen LogP contribution >= 0.6 is 16.1 Å². The summed E-state index contributed by atoms with van der Waals surface area (Å²) in [7, 11) is 0.510. The summed E-state index contributed by atoms with van der Waals surface area (Å²) in [6, 6.07) is 28.9. The average Bonchev–Trinajstić information content (AvgIpc) is 2.93. The molecule has 6 heteroatoms. The van der Waals surface area contributed by atoms with Crippen LogP contribution in [0, 0.1) is 6.92 Å². The summed E-state index contributed by atoms with van der Waals surface area (Å²) < 4.78 is 30.0. The predicted octanol–water partition coefficient (Wildman–Crippen LogP) is 8.36. The molecule has 3 aromatic carbocycles. The fraction of sp³-hybridized carbons (Fsp3) is 0.294. The summed E-state index contributed by atoms with van der Waals surface area (Å²) in [6.07, 6.45) is 11.9. The molecule has 1 radical (unpaired) electrons. The minimum atomic E-state index is -1.03. The largest absolute Gasteiger partial charge is 0.245 e. The van der Waals surface area contributed by atoms with E-state index in [0.717, 1.165) is 11.9 Å². The van der Waals surface area contributed by atoms with Crippen molar-refractivity contribution in [2.45, 2.75) is 57.8 Å². The number of allylic oxidation sites excluding steroid dienone is 4. The van der Waals surface area contributed by atoms with E-state index >= 15 is 0 Å². The zero-order valence-electron chi connectivity index (χ0n) is 23.8. The molecule has 0 saturated heterocycles. The molecule has 3 aromatic rings. The molecule has 1 nitrogen and oxygen atoms in total. The average molecular weight is 572 g/mol. The topological polar surface area (TPSA) is 3.24 Å². The van der Waals surface area contributed by atoms with Gasteiger partial charge in [-0.15, -0.1) is 0 Å². The molecule has 3 atom stereocenters. The number of hydrogen-bond donors (Lipinski definition) is 0. The molecule has 207 valence electrons. The maximum Gasteiger partial charge on any atom is 0.159 e. The Labute approximate surface area is 243 Å². The molecule has 0 aliphatic heterocycles. The maximum absolute atomic E-state index is 13.9. The number of halogens is 2. The molecule has 0 spiro atoms. The smallest absolute Gasteiger partial charge is 0.159 e. The number of hydrogen-bond acceptors (Lipinski definition) is 1. The van der Waals surface area contributed by atoms with E-state index < -0.39 is 27.8 Å². The van der Waals surface area contributed by atoms with Gasteiger partial charge in [-0.05, 0) is 74.6 Å². The van der Waals surface area contributed by atoms with Gasteiger partial charge in [0, 0.05) is 14.1 Å². The van der Waals surface area contributed by atoms with Crippen LogP contribution in [-0.2, 0) is 0 Å². The molecular formula is C34H39BF2NP2. The highest BCUT2D eigenvalue weighted by Gasteiger charge is 2.34. The van der Waals surface area contributed by atoms with Gasteiger partial charge in [-0.25, -0.2) is 13.2 Å². The molecule has 4 rings (SSSR count). The van der Waals surface area contributed by atoms with E-state index in [0.29, 0.717) is 6.04 Å². The van der Waals surface area contributed by atoms with E-state index in [4.69, 9.17) is 0 Å². The molecule has 0 bridgehead atoms. The summed E-state index contributed by atoms with van der Waals surface area (Å²) in [4.78, 5) is 0. The Hall–Kier alpha value is -2.38. The van der Waals surface area contributed by atoms with E-state index in [9.17, 15) is 8.78 Å². The second-order valence-corrected chi connectivity index (χ2v) is 14.8. The number of benzene rings is 3. The monoisotopic (exact) mass is 572 g/mol. The second kappa shape index (κ2) is 15.0. The first-order valence-electron chi connectivity index (χ1n) is 14.1. The summed E-state index contributed by atoms with van der Waals surface area (Å²) in [6.45, 7) is 9.54. The Morgan fingerprint density at radius 1 is 0.975 bits per heavy atom. The minimum absolute atomic E-state index is 0.260. The van der Waals surface area contributed by atoms with Gasteiger partial charge in [0.25, 0.3) is 0 Å². The van der Waals surface area contributed by atoms with Crippen molar-refractivity contribution in [1.29, 1.82) is 0 Å². The Balaban J connectivity index is 1.78. The van der Waals surface area contributed by atoms with Crippen LogP contribution in [0.5, 0.6) is 0 Å². The zero-order valence-corrected chi connectivity index (χ0v) is 25.6. The van der Waals surface area contributed by atoms with Gasteiger partial charge < -0.3 is 0 Å². The molecule has 1 aliphatic carbocycles. The van der Waals surface area contributed by atoms with Gasteiger partial charge in [-0.2, -0.15) is 0 Å². The molecule has 0 aromatic heterocycles. The second-order valence-electron chi connectivity index (χ2n) is 10.5. The van der Waals surface area contributed by atoms with Crippen LogP contribution in [0.25, 0.3) is 0 Å². The van der Waals surface area contributed by atoms with Gasteiger partial charge in [0.1, 0.15) is 0 Å². The van der Waals surface area contributed by atoms with Crippen molar-refractivity contribution in [3.63, 3.8) is 0 Å². The van der Waals surface area contributed by atoms with E-state index in [2.05, 4.69) is 116 Å². The van der Waals surface area contributed by atoms with Gasteiger partial charge in [0.05, 0.1) is 0 Å². The van der Waals surface area contributed by atoms with Crippen molar-refractivity contribution in [2.24, 2.45) is 0 Å². The number of rotatable bonds is 10. The molecule has 0 N–H and O–H groups in total. The molecule has 40 heavy (non-hydrogen) atoms.